The summed E-state index contributed by atoms with van der Waals surface area (Å²) >= 11 is 6.16. The first-order valence-electron chi connectivity index (χ1n) is 15.5. The third-order valence-corrected chi connectivity index (χ3v) is 10.0. The summed E-state index contributed by atoms with van der Waals surface area (Å²) in [5.41, 5.74) is 1.81. The Morgan fingerprint density at radius 3 is 2.15 bits per heavy atom. The molecule has 246 valence electrons. The second-order valence-electron chi connectivity index (χ2n) is 11.3. The molecule has 11 heteroatoms. The van der Waals surface area contributed by atoms with Crippen LogP contribution < -0.4 is 19.1 Å². The molecule has 5 rings (SSSR count). The van der Waals surface area contributed by atoms with E-state index in [2.05, 4.69) is 5.32 Å². The quantitative estimate of drug-likeness (QED) is 0.190. The Bertz CT molecular complexity index is 1770. The number of anilines is 1. The van der Waals surface area contributed by atoms with Crippen molar-refractivity contribution < 1.29 is 27.5 Å². The van der Waals surface area contributed by atoms with Gasteiger partial charge >= 0.3 is 0 Å². The van der Waals surface area contributed by atoms with Gasteiger partial charge in [0, 0.05) is 30.1 Å². The summed E-state index contributed by atoms with van der Waals surface area (Å²) in [7, 11) is -4.24. The van der Waals surface area contributed by atoms with Crippen molar-refractivity contribution in [1.82, 2.24) is 10.2 Å². The molecule has 0 spiro atoms. The topological polar surface area (TPSA) is 105 Å². The minimum Gasteiger partial charge on any atom is -0.486 e. The monoisotopic (exact) mass is 675 g/mol. The Balaban J connectivity index is 1.58. The fourth-order valence-corrected chi connectivity index (χ4v) is 6.77. The van der Waals surface area contributed by atoms with Gasteiger partial charge in [-0.3, -0.25) is 13.9 Å². The summed E-state index contributed by atoms with van der Waals surface area (Å²) < 4.78 is 40.9. The summed E-state index contributed by atoms with van der Waals surface area (Å²) in [5, 5.41) is 3.57. The second kappa shape index (κ2) is 15.4. The van der Waals surface area contributed by atoms with Crippen molar-refractivity contribution in [1.29, 1.82) is 0 Å². The van der Waals surface area contributed by atoms with E-state index in [0.717, 1.165) is 15.4 Å². The number of rotatable bonds is 13. The summed E-state index contributed by atoms with van der Waals surface area (Å²) in [5.74, 6) is -0.0309. The molecule has 0 saturated heterocycles. The molecule has 0 fully saturated rings. The Morgan fingerprint density at radius 1 is 0.851 bits per heavy atom. The zero-order valence-corrected chi connectivity index (χ0v) is 27.9. The predicted molar refractivity (Wildman–Crippen MR) is 182 cm³/mol. The molecule has 4 aromatic rings. The molecule has 4 aromatic carbocycles. The molecule has 0 radical (unpaired) electrons. The lowest BCUT2D eigenvalue weighted by Crippen LogP contribution is -2.54. The lowest BCUT2D eigenvalue weighted by atomic mass is 10.0. The number of sulfonamides is 1. The van der Waals surface area contributed by atoms with E-state index in [4.69, 9.17) is 21.1 Å². The number of carbonyl (C=O) groups excluding carboxylic acids is 2. The number of benzene rings is 4. The summed E-state index contributed by atoms with van der Waals surface area (Å²) in [6.07, 6.45) is 0.917. The molecule has 0 aliphatic carbocycles. The number of fused-ring (bicyclic) bond motifs is 1. The SMILES string of the molecule is CCC(C)NC(=O)C(Cc1ccccc1)N(Cc1ccc(Cl)cc1)C(=O)CN(c1ccc2c(c1)OCCO2)S(=O)(=O)c1ccccc1. The van der Waals surface area contributed by atoms with E-state index in [9.17, 15) is 18.0 Å². The van der Waals surface area contributed by atoms with Crippen LogP contribution in [0.4, 0.5) is 5.69 Å². The Morgan fingerprint density at radius 2 is 1.49 bits per heavy atom. The summed E-state index contributed by atoms with van der Waals surface area (Å²) in [6, 6.07) is 28.0. The Hall–Kier alpha value is -4.54. The van der Waals surface area contributed by atoms with E-state index >= 15 is 0 Å². The third-order valence-electron chi connectivity index (χ3n) is 7.96. The van der Waals surface area contributed by atoms with Gasteiger partial charge in [0.2, 0.25) is 11.8 Å². The van der Waals surface area contributed by atoms with Gasteiger partial charge in [0.25, 0.3) is 10.0 Å². The normalized spacial score (nSPS) is 13.7. The highest BCUT2D eigenvalue weighted by Gasteiger charge is 2.35. The van der Waals surface area contributed by atoms with Crippen molar-refractivity contribution in [2.75, 3.05) is 24.1 Å². The van der Waals surface area contributed by atoms with E-state index in [1.54, 1.807) is 60.7 Å². The van der Waals surface area contributed by atoms with Gasteiger partial charge in [-0.25, -0.2) is 8.42 Å². The van der Waals surface area contributed by atoms with E-state index in [1.807, 2.05) is 44.2 Å². The fraction of sp³-hybridized carbons (Fsp3) is 0.278. The smallest absolute Gasteiger partial charge is 0.264 e. The third kappa shape index (κ3) is 8.44. The molecular weight excluding hydrogens is 638 g/mol. The van der Waals surface area contributed by atoms with Gasteiger partial charge < -0.3 is 19.7 Å². The number of hydrogen-bond acceptors (Lipinski definition) is 6. The highest BCUT2D eigenvalue weighted by Crippen LogP contribution is 2.36. The molecule has 0 saturated carbocycles. The molecule has 0 bridgehead atoms. The Kier molecular flexibility index (Phi) is 11.1. The van der Waals surface area contributed by atoms with E-state index in [-0.39, 0.29) is 35.5 Å². The number of hydrogen-bond donors (Lipinski definition) is 1. The molecular formula is C36H38ClN3O6S. The van der Waals surface area contributed by atoms with Crippen molar-refractivity contribution >= 4 is 39.1 Å². The van der Waals surface area contributed by atoms with Crippen LogP contribution in [-0.2, 0) is 32.6 Å². The average molecular weight is 676 g/mol. The van der Waals surface area contributed by atoms with Crippen LogP contribution >= 0.6 is 11.6 Å². The van der Waals surface area contributed by atoms with Crippen molar-refractivity contribution in [3.05, 3.63) is 119 Å². The van der Waals surface area contributed by atoms with Crippen molar-refractivity contribution in [3.63, 3.8) is 0 Å². The van der Waals surface area contributed by atoms with Crippen LogP contribution in [0, 0.1) is 0 Å². The van der Waals surface area contributed by atoms with E-state index in [0.29, 0.717) is 36.2 Å². The zero-order valence-electron chi connectivity index (χ0n) is 26.3. The van der Waals surface area contributed by atoms with Crippen molar-refractivity contribution in [2.45, 2.75) is 50.2 Å². The van der Waals surface area contributed by atoms with Crippen LogP contribution in [0.5, 0.6) is 11.5 Å². The lowest BCUT2D eigenvalue weighted by molar-refractivity contribution is -0.140. The van der Waals surface area contributed by atoms with E-state index < -0.39 is 28.5 Å². The van der Waals surface area contributed by atoms with E-state index in [1.165, 1.54) is 17.0 Å². The van der Waals surface area contributed by atoms with Crippen LogP contribution in [0.15, 0.2) is 108 Å². The maximum absolute atomic E-state index is 14.6. The number of nitrogens with one attached hydrogen (secondary N) is 1. The molecule has 2 atom stereocenters. The maximum Gasteiger partial charge on any atom is 0.264 e. The average Bonchev–Trinajstić information content (AvgIpc) is 3.09. The van der Waals surface area contributed by atoms with Gasteiger partial charge in [-0.15, -0.1) is 0 Å². The van der Waals surface area contributed by atoms with Crippen LogP contribution in [0.1, 0.15) is 31.4 Å². The highest BCUT2D eigenvalue weighted by atomic mass is 35.5. The van der Waals surface area contributed by atoms with Gasteiger partial charge in [0.05, 0.1) is 10.6 Å². The molecule has 9 nitrogen and oxygen atoms in total. The molecule has 1 aliphatic rings. The number of halogens is 1. The van der Waals surface area contributed by atoms with Gasteiger partial charge in [-0.05, 0) is 60.9 Å². The largest absolute Gasteiger partial charge is 0.486 e. The predicted octanol–water partition coefficient (Wildman–Crippen LogP) is 5.86. The van der Waals surface area contributed by atoms with Crippen LogP contribution in [0.2, 0.25) is 5.02 Å². The maximum atomic E-state index is 14.6. The standard InChI is InChI=1S/C36H38ClN3O6S/c1-3-26(2)38-36(42)32(22-27-10-6-4-7-11-27)39(24-28-14-16-29(37)17-15-28)35(41)25-40(47(43,44)31-12-8-5-9-13-31)30-18-19-33-34(23-30)46-21-20-45-33/h4-19,23,26,32H,3,20-22,24-25H2,1-2H3,(H,38,42). The molecule has 47 heavy (non-hydrogen) atoms. The van der Waals surface area contributed by atoms with Gasteiger partial charge in [0.1, 0.15) is 25.8 Å². The molecule has 1 heterocycles. The second-order valence-corrected chi connectivity index (χ2v) is 13.6. The Labute approximate surface area is 281 Å². The minimum absolute atomic E-state index is 0.0160. The fourth-order valence-electron chi connectivity index (χ4n) is 5.22. The van der Waals surface area contributed by atoms with Gasteiger partial charge in [0.15, 0.2) is 11.5 Å². The van der Waals surface area contributed by atoms with Gasteiger partial charge in [-0.1, -0.05) is 79.2 Å². The first-order valence-corrected chi connectivity index (χ1v) is 17.3. The van der Waals surface area contributed by atoms with Crippen LogP contribution in [0.3, 0.4) is 0 Å². The first-order chi connectivity index (χ1) is 22.7. The minimum atomic E-state index is -4.24. The number of amides is 2. The van der Waals surface area contributed by atoms with Gasteiger partial charge in [-0.2, -0.15) is 0 Å². The zero-order chi connectivity index (χ0) is 33.4. The molecule has 2 amide bonds. The lowest BCUT2D eigenvalue weighted by Gasteiger charge is -2.34. The highest BCUT2D eigenvalue weighted by molar-refractivity contribution is 7.92. The first kappa shape index (κ1) is 33.8. The molecule has 2 unspecified atom stereocenters. The number of carbonyl (C=O) groups is 2. The number of ether oxygens (including phenoxy) is 2. The summed E-state index contributed by atoms with van der Waals surface area (Å²) in [6.45, 7) is 4.01. The van der Waals surface area contributed by atoms with Crippen molar-refractivity contribution in [3.8, 4) is 11.5 Å². The molecule has 1 aliphatic heterocycles. The van der Waals surface area contributed by atoms with Crippen molar-refractivity contribution in [2.24, 2.45) is 0 Å². The van der Waals surface area contributed by atoms with Crippen LogP contribution in [-0.4, -0.2) is 57.0 Å². The molecule has 1 N–H and O–H groups in total. The molecule has 0 aromatic heterocycles. The van der Waals surface area contributed by atoms with Crippen LogP contribution in [0.25, 0.3) is 0 Å². The number of nitrogens with zero attached hydrogens (tertiary/aromatic N) is 2. The summed E-state index contributed by atoms with van der Waals surface area (Å²) in [4.78, 5) is 30.0.